The van der Waals surface area contributed by atoms with Crippen molar-refractivity contribution in [2.24, 2.45) is 5.92 Å². The number of rotatable bonds is 6. The van der Waals surface area contributed by atoms with Gasteiger partial charge in [-0.15, -0.1) is 0 Å². The number of halogens is 2. The summed E-state index contributed by atoms with van der Waals surface area (Å²) in [5, 5.41) is 3.15. The zero-order valence-corrected chi connectivity index (χ0v) is 16.3. The van der Waals surface area contributed by atoms with Gasteiger partial charge in [-0.25, -0.2) is 8.78 Å². The van der Waals surface area contributed by atoms with E-state index in [1.807, 2.05) is 7.05 Å². The van der Waals surface area contributed by atoms with Crippen molar-refractivity contribution in [3.05, 3.63) is 53.6 Å². The van der Waals surface area contributed by atoms with Crippen LogP contribution in [0.3, 0.4) is 0 Å². The molecule has 0 bridgehead atoms. The third-order valence-electron chi connectivity index (χ3n) is 5.39. The molecule has 1 amide bonds. The summed E-state index contributed by atoms with van der Waals surface area (Å²) in [4.78, 5) is 14.4. The summed E-state index contributed by atoms with van der Waals surface area (Å²) in [6, 6.07) is 8.67. The predicted molar refractivity (Wildman–Crippen MR) is 106 cm³/mol. The van der Waals surface area contributed by atoms with E-state index in [0.717, 1.165) is 25.8 Å². The molecule has 1 fully saturated rings. The van der Waals surface area contributed by atoms with Crippen LogP contribution in [-0.2, 0) is 0 Å². The fourth-order valence-electron chi connectivity index (χ4n) is 3.66. The second kappa shape index (κ2) is 9.15. The number of hydrogen-bond acceptors (Lipinski definition) is 3. The molecule has 6 heteroatoms. The van der Waals surface area contributed by atoms with Crippen molar-refractivity contribution in [3.63, 3.8) is 0 Å². The van der Waals surface area contributed by atoms with Gasteiger partial charge in [-0.2, -0.15) is 0 Å². The van der Waals surface area contributed by atoms with Crippen molar-refractivity contribution in [2.45, 2.75) is 19.3 Å². The third kappa shape index (κ3) is 4.50. The number of piperidine rings is 1. The Bertz CT molecular complexity index is 833. The summed E-state index contributed by atoms with van der Waals surface area (Å²) in [7, 11) is 3.39. The topological polar surface area (TPSA) is 41.6 Å². The van der Waals surface area contributed by atoms with Gasteiger partial charge in [-0.1, -0.05) is 6.07 Å². The Balaban J connectivity index is 1.71. The van der Waals surface area contributed by atoms with Gasteiger partial charge in [0.05, 0.1) is 12.7 Å². The van der Waals surface area contributed by atoms with Crippen LogP contribution in [0, 0.1) is 17.6 Å². The van der Waals surface area contributed by atoms with E-state index >= 15 is 0 Å². The maximum absolute atomic E-state index is 14.7. The van der Waals surface area contributed by atoms with E-state index in [1.165, 1.54) is 25.3 Å². The monoisotopic (exact) mass is 388 g/mol. The van der Waals surface area contributed by atoms with Crippen molar-refractivity contribution < 1.29 is 18.3 Å². The van der Waals surface area contributed by atoms with Crippen LogP contribution in [0.25, 0.3) is 11.1 Å². The molecule has 1 N–H and O–H groups in total. The van der Waals surface area contributed by atoms with E-state index in [2.05, 4.69) is 5.32 Å². The van der Waals surface area contributed by atoms with Crippen LogP contribution in [0.2, 0.25) is 0 Å². The SMILES string of the molecule is CNCCC1CCN(C(=O)c2ccc(-c3ccc(OC)cc3F)cc2F)CC1. The molecule has 1 heterocycles. The maximum Gasteiger partial charge on any atom is 0.256 e. The molecule has 1 aliphatic heterocycles. The number of nitrogens with one attached hydrogen (secondary N) is 1. The predicted octanol–water partition coefficient (Wildman–Crippen LogP) is 4.10. The Morgan fingerprint density at radius 1 is 1.14 bits per heavy atom. The van der Waals surface area contributed by atoms with E-state index < -0.39 is 11.6 Å². The lowest BCUT2D eigenvalue weighted by Crippen LogP contribution is -2.39. The normalized spacial score (nSPS) is 14.9. The Labute approximate surface area is 164 Å². The lowest BCUT2D eigenvalue weighted by Gasteiger charge is -2.32. The quantitative estimate of drug-likeness (QED) is 0.810. The van der Waals surface area contributed by atoms with E-state index in [1.54, 1.807) is 23.1 Å². The van der Waals surface area contributed by atoms with Gasteiger partial charge in [0, 0.05) is 24.7 Å². The van der Waals surface area contributed by atoms with Gasteiger partial charge in [-0.3, -0.25) is 4.79 Å². The fourth-order valence-corrected chi connectivity index (χ4v) is 3.66. The number of ether oxygens (including phenoxy) is 1. The molecule has 0 spiro atoms. The minimum Gasteiger partial charge on any atom is -0.497 e. The molecule has 2 aromatic rings. The molecule has 3 rings (SSSR count). The first-order valence-corrected chi connectivity index (χ1v) is 9.60. The van der Waals surface area contributed by atoms with Gasteiger partial charge in [0.15, 0.2) is 0 Å². The van der Waals surface area contributed by atoms with Crippen LogP contribution < -0.4 is 10.1 Å². The Morgan fingerprint density at radius 3 is 2.50 bits per heavy atom. The highest BCUT2D eigenvalue weighted by Crippen LogP contribution is 2.28. The number of carbonyl (C=O) groups is 1. The maximum atomic E-state index is 14.7. The summed E-state index contributed by atoms with van der Waals surface area (Å²) in [5.74, 6) is -0.434. The molecule has 1 aliphatic rings. The smallest absolute Gasteiger partial charge is 0.256 e. The molecule has 2 aromatic carbocycles. The van der Waals surface area contributed by atoms with E-state index in [-0.39, 0.29) is 17.0 Å². The molecule has 0 aliphatic carbocycles. The molecule has 28 heavy (non-hydrogen) atoms. The number of carbonyl (C=O) groups excluding carboxylic acids is 1. The minimum absolute atomic E-state index is 0.0337. The van der Waals surface area contributed by atoms with E-state index in [9.17, 15) is 13.6 Å². The van der Waals surface area contributed by atoms with E-state index in [4.69, 9.17) is 4.74 Å². The molecule has 150 valence electrons. The molecular weight excluding hydrogens is 362 g/mol. The first-order chi connectivity index (χ1) is 13.5. The average molecular weight is 388 g/mol. The van der Waals surface area contributed by atoms with Crippen LogP contribution in [-0.4, -0.2) is 44.6 Å². The Hall–Kier alpha value is -2.47. The van der Waals surface area contributed by atoms with Gasteiger partial charge in [0.2, 0.25) is 0 Å². The molecule has 1 saturated heterocycles. The van der Waals surface area contributed by atoms with Gasteiger partial charge < -0.3 is 15.0 Å². The standard InChI is InChI=1S/C22H26F2N2O2/c1-25-10-7-15-8-11-26(12-9-15)22(27)19-5-3-16(13-20(19)23)18-6-4-17(28-2)14-21(18)24/h3-6,13-15,25H,7-12H2,1-2H3. The first kappa shape index (κ1) is 20.3. The molecule has 0 atom stereocenters. The Kier molecular flexibility index (Phi) is 6.62. The first-order valence-electron chi connectivity index (χ1n) is 9.60. The number of nitrogens with zero attached hydrogens (tertiary/aromatic N) is 1. The minimum atomic E-state index is -0.630. The number of amides is 1. The lowest BCUT2D eigenvalue weighted by molar-refractivity contribution is 0.0682. The highest BCUT2D eigenvalue weighted by Gasteiger charge is 2.25. The van der Waals surface area contributed by atoms with Crippen LogP contribution in [0.1, 0.15) is 29.6 Å². The molecule has 0 unspecified atom stereocenters. The number of methoxy groups -OCH3 is 1. The summed E-state index contributed by atoms with van der Waals surface area (Å²) in [6.45, 7) is 2.25. The van der Waals surface area contributed by atoms with Crippen molar-refractivity contribution in [3.8, 4) is 16.9 Å². The Morgan fingerprint density at radius 2 is 1.89 bits per heavy atom. The van der Waals surface area contributed by atoms with Gasteiger partial charge >= 0.3 is 0 Å². The number of hydrogen-bond donors (Lipinski definition) is 1. The number of benzene rings is 2. The summed E-state index contributed by atoms with van der Waals surface area (Å²) < 4.78 is 33.9. The molecule has 4 nitrogen and oxygen atoms in total. The van der Waals surface area contributed by atoms with Crippen molar-refractivity contribution in [1.29, 1.82) is 0 Å². The summed E-state index contributed by atoms with van der Waals surface area (Å²) >= 11 is 0. The number of likely N-dealkylation sites (tertiary alicyclic amines) is 1. The van der Waals surface area contributed by atoms with E-state index in [0.29, 0.717) is 30.3 Å². The zero-order valence-electron chi connectivity index (χ0n) is 16.3. The highest BCUT2D eigenvalue weighted by molar-refractivity contribution is 5.95. The molecule has 0 aromatic heterocycles. The second-order valence-electron chi connectivity index (χ2n) is 7.17. The van der Waals surface area contributed by atoms with Crippen LogP contribution in [0.4, 0.5) is 8.78 Å². The van der Waals surface area contributed by atoms with Gasteiger partial charge in [-0.05, 0) is 68.6 Å². The summed E-state index contributed by atoms with van der Waals surface area (Å²) in [5.41, 5.74) is 0.690. The van der Waals surface area contributed by atoms with Crippen molar-refractivity contribution >= 4 is 5.91 Å². The van der Waals surface area contributed by atoms with Crippen molar-refractivity contribution in [1.82, 2.24) is 10.2 Å². The van der Waals surface area contributed by atoms with Crippen LogP contribution >= 0.6 is 0 Å². The lowest BCUT2D eigenvalue weighted by atomic mass is 9.93. The average Bonchev–Trinajstić information content (AvgIpc) is 2.72. The fraction of sp³-hybridized carbons (Fsp3) is 0.409. The van der Waals surface area contributed by atoms with Gasteiger partial charge in [0.1, 0.15) is 17.4 Å². The second-order valence-corrected chi connectivity index (χ2v) is 7.17. The third-order valence-corrected chi connectivity index (χ3v) is 5.39. The largest absolute Gasteiger partial charge is 0.497 e. The molecule has 0 radical (unpaired) electrons. The van der Waals surface area contributed by atoms with Crippen LogP contribution in [0.5, 0.6) is 5.75 Å². The molecule has 0 saturated carbocycles. The molecular formula is C22H26F2N2O2. The van der Waals surface area contributed by atoms with Crippen molar-refractivity contribution in [2.75, 3.05) is 33.8 Å². The zero-order chi connectivity index (χ0) is 20.1. The van der Waals surface area contributed by atoms with Crippen LogP contribution in [0.15, 0.2) is 36.4 Å². The summed E-state index contributed by atoms with van der Waals surface area (Å²) in [6.07, 6.45) is 2.96. The van der Waals surface area contributed by atoms with Gasteiger partial charge in [0.25, 0.3) is 5.91 Å². The highest BCUT2D eigenvalue weighted by atomic mass is 19.1.